The Kier molecular flexibility index (Phi) is 10.1. The van der Waals surface area contributed by atoms with E-state index in [1.165, 1.54) is 47.9 Å². The van der Waals surface area contributed by atoms with Crippen molar-refractivity contribution in [1.82, 2.24) is 0 Å². The lowest BCUT2D eigenvalue weighted by Crippen LogP contribution is -2.75. The van der Waals surface area contributed by atoms with Gasteiger partial charge in [-0.1, -0.05) is 200 Å². The molecule has 60 heavy (non-hydrogen) atoms. The maximum absolute atomic E-state index is 3.04. The minimum absolute atomic E-state index is 0.693. The predicted octanol–water partition coefficient (Wildman–Crippen LogP) is 12.2. The molecule has 10 aromatic rings. The van der Waals surface area contributed by atoms with Crippen LogP contribution in [0.4, 0.5) is 28.4 Å². The van der Waals surface area contributed by atoms with Gasteiger partial charge >= 0.3 is 0 Å². The number of benzene rings is 10. The fourth-order valence-electron chi connectivity index (χ4n) is 9.11. The molecule has 0 unspecified atom stereocenters. The van der Waals surface area contributed by atoms with Crippen molar-refractivity contribution < 1.29 is 0 Å². The molecular weight excluding hydrogens is 741 g/mol. The predicted molar refractivity (Wildman–Crippen MR) is 258 cm³/mol. The van der Waals surface area contributed by atoms with Gasteiger partial charge in [-0.15, -0.1) is 0 Å². The molecule has 0 heterocycles. The van der Waals surface area contributed by atoms with E-state index < -0.39 is 8.07 Å². The van der Waals surface area contributed by atoms with E-state index in [4.69, 9.17) is 0 Å². The van der Waals surface area contributed by atoms with E-state index in [-0.39, 0.29) is 0 Å². The van der Waals surface area contributed by atoms with Gasteiger partial charge < -0.3 is 9.80 Å². The molecular formula is C57H44N2Si. The fraction of sp³-hybridized carbons (Fsp3) is 0.0175. The van der Waals surface area contributed by atoms with Crippen LogP contribution in [0.15, 0.2) is 255 Å². The first-order valence-corrected chi connectivity index (χ1v) is 22.7. The number of anilines is 5. The highest BCUT2D eigenvalue weighted by Gasteiger charge is 2.43. The Bertz CT molecular complexity index is 2980. The maximum Gasteiger partial charge on any atom is 0.180 e. The van der Waals surface area contributed by atoms with Gasteiger partial charge in [-0.25, -0.2) is 0 Å². The molecule has 10 aromatic carbocycles. The minimum Gasteiger partial charge on any atom is -0.337 e. The van der Waals surface area contributed by atoms with Gasteiger partial charge in [-0.2, -0.15) is 0 Å². The Hall–Kier alpha value is -7.46. The van der Waals surface area contributed by atoms with E-state index in [2.05, 4.69) is 265 Å². The molecule has 10 rings (SSSR count). The largest absolute Gasteiger partial charge is 0.337 e. The molecule has 0 aromatic heterocycles. The van der Waals surface area contributed by atoms with Gasteiger partial charge in [0, 0.05) is 34.7 Å². The molecule has 0 N–H and O–H groups in total. The van der Waals surface area contributed by atoms with Crippen LogP contribution < -0.4 is 30.5 Å². The van der Waals surface area contributed by atoms with Gasteiger partial charge in [-0.05, 0) is 97.1 Å². The summed E-state index contributed by atoms with van der Waals surface area (Å²) in [5.74, 6) is 0. The molecule has 3 heteroatoms. The quantitative estimate of drug-likeness (QED) is 0.0952. The number of rotatable bonds is 11. The Morgan fingerprint density at radius 1 is 0.317 bits per heavy atom. The summed E-state index contributed by atoms with van der Waals surface area (Å²) in [6.07, 6.45) is 0. The summed E-state index contributed by atoms with van der Waals surface area (Å²) in [5, 5.41) is 10.3. The van der Waals surface area contributed by atoms with Crippen LogP contribution in [0.2, 0.25) is 0 Å². The summed E-state index contributed by atoms with van der Waals surface area (Å²) < 4.78 is 0. The summed E-state index contributed by atoms with van der Waals surface area (Å²) in [5.41, 5.74) is 7.01. The first-order valence-electron chi connectivity index (χ1n) is 20.7. The monoisotopic (exact) mass is 784 g/mol. The van der Waals surface area contributed by atoms with Crippen LogP contribution in [-0.4, -0.2) is 8.07 Å². The molecule has 0 saturated heterocycles. The SMILES string of the molecule is c1ccc(N(Cc2ccccc2[Si](c2ccccc2)(c2ccccc2)c2cccc(N(c3ccccc3)c3cccc4ccccc34)c2)c2ccc3ccccc3c2)cc1. The highest BCUT2D eigenvalue weighted by atomic mass is 28.3. The molecule has 0 aliphatic rings. The molecule has 0 radical (unpaired) electrons. The summed E-state index contributed by atoms with van der Waals surface area (Å²) in [4.78, 5) is 4.91. The third-order valence-electron chi connectivity index (χ3n) is 11.8. The molecule has 286 valence electrons. The van der Waals surface area contributed by atoms with Crippen molar-refractivity contribution in [2.45, 2.75) is 6.54 Å². The molecule has 0 aliphatic carbocycles. The number of para-hydroxylation sites is 2. The van der Waals surface area contributed by atoms with Crippen LogP contribution in [0.3, 0.4) is 0 Å². The lowest BCUT2D eigenvalue weighted by Gasteiger charge is -2.38. The van der Waals surface area contributed by atoms with Crippen molar-refractivity contribution >= 4 is 78.8 Å². The maximum atomic E-state index is 2.48. The molecule has 0 bridgehead atoms. The van der Waals surface area contributed by atoms with E-state index in [9.17, 15) is 0 Å². The summed E-state index contributed by atoms with van der Waals surface area (Å²) in [7, 11) is -3.04. The van der Waals surface area contributed by atoms with Gasteiger partial charge in [-0.3, -0.25) is 0 Å². The Labute approximate surface area is 353 Å². The topological polar surface area (TPSA) is 6.48 Å². The first kappa shape index (κ1) is 36.8. The normalized spacial score (nSPS) is 11.4. The van der Waals surface area contributed by atoms with Crippen molar-refractivity contribution in [2.75, 3.05) is 9.80 Å². The van der Waals surface area contributed by atoms with Crippen molar-refractivity contribution in [2.24, 2.45) is 0 Å². The number of nitrogens with zero attached hydrogens (tertiary/aromatic N) is 2. The number of hydrogen-bond acceptors (Lipinski definition) is 2. The van der Waals surface area contributed by atoms with Gasteiger partial charge in [0.05, 0.1) is 5.69 Å². The van der Waals surface area contributed by atoms with Crippen molar-refractivity contribution in [3.63, 3.8) is 0 Å². The van der Waals surface area contributed by atoms with E-state index in [1.807, 2.05) is 0 Å². The number of fused-ring (bicyclic) bond motifs is 2. The fourth-order valence-corrected chi connectivity index (χ4v) is 14.1. The lowest BCUT2D eigenvalue weighted by molar-refractivity contribution is 0.982. The van der Waals surface area contributed by atoms with Gasteiger partial charge in [0.15, 0.2) is 8.07 Å². The van der Waals surface area contributed by atoms with Crippen LogP contribution in [0.25, 0.3) is 21.5 Å². The minimum atomic E-state index is -3.04. The molecule has 0 amide bonds. The summed E-state index contributed by atoms with van der Waals surface area (Å²) in [6.45, 7) is 0.693. The summed E-state index contributed by atoms with van der Waals surface area (Å²) in [6, 6.07) is 93.7. The second-order valence-corrected chi connectivity index (χ2v) is 19.1. The third kappa shape index (κ3) is 6.85. The van der Waals surface area contributed by atoms with Crippen LogP contribution in [0.5, 0.6) is 0 Å². The molecule has 0 saturated carbocycles. The molecule has 0 fully saturated rings. The van der Waals surface area contributed by atoms with E-state index in [0.717, 1.165) is 28.4 Å². The average molecular weight is 785 g/mol. The molecule has 0 atom stereocenters. The zero-order valence-electron chi connectivity index (χ0n) is 33.4. The Balaban J connectivity index is 1.22. The smallest absolute Gasteiger partial charge is 0.180 e. The third-order valence-corrected chi connectivity index (χ3v) is 16.7. The van der Waals surface area contributed by atoms with E-state index in [1.54, 1.807) is 0 Å². The number of hydrogen-bond donors (Lipinski definition) is 0. The van der Waals surface area contributed by atoms with Crippen molar-refractivity contribution in [3.05, 3.63) is 260 Å². The zero-order chi connectivity index (χ0) is 40.1. The highest BCUT2D eigenvalue weighted by molar-refractivity contribution is 7.20. The standard InChI is InChI=1S/C57H44N2Si/c1-5-26-48(27-6-1)58(50-40-39-44-21-13-14-23-46(44)41-50)43-47-24-16-18-38-57(47)60(52-31-9-3-10-32-52,53-33-11-4-12-34-53)54-35-20-30-51(42-54)59(49-28-7-2-8-29-49)56-37-19-25-45-22-15-17-36-55(45)56/h1-42H,43H2. The highest BCUT2D eigenvalue weighted by Crippen LogP contribution is 2.39. The van der Waals surface area contributed by atoms with Crippen LogP contribution >= 0.6 is 0 Å². The van der Waals surface area contributed by atoms with Crippen LogP contribution in [-0.2, 0) is 6.54 Å². The Morgan fingerprint density at radius 3 is 1.55 bits per heavy atom. The van der Waals surface area contributed by atoms with Gasteiger partial charge in [0.25, 0.3) is 0 Å². The van der Waals surface area contributed by atoms with Crippen molar-refractivity contribution in [1.29, 1.82) is 0 Å². The molecule has 0 aliphatic heterocycles. The molecule has 0 spiro atoms. The average Bonchev–Trinajstić information content (AvgIpc) is 3.33. The Morgan fingerprint density at radius 2 is 0.833 bits per heavy atom. The zero-order valence-corrected chi connectivity index (χ0v) is 34.4. The van der Waals surface area contributed by atoms with Gasteiger partial charge in [0.1, 0.15) is 0 Å². The lowest BCUT2D eigenvalue weighted by atomic mass is 10.1. The van der Waals surface area contributed by atoms with Crippen molar-refractivity contribution in [3.8, 4) is 0 Å². The second kappa shape index (κ2) is 16.4. The van der Waals surface area contributed by atoms with Gasteiger partial charge in [0.2, 0.25) is 0 Å². The summed E-state index contributed by atoms with van der Waals surface area (Å²) >= 11 is 0. The first-order chi connectivity index (χ1) is 29.8. The van der Waals surface area contributed by atoms with Crippen LogP contribution in [0.1, 0.15) is 5.56 Å². The van der Waals surface area contributed by atoms with E-state index >= 15 is 0 Å². The second-order valence-electron chi connectivity index (χ2n) is 15.3. The van der Waals surface area contributed by atoms with E-state index in [0.29, 0.717) is 6.54 Å². The van der Waals surface area contributed by atoms with Crippen LogP contribution in [0, 0.1) is 0 Å². The molecule has 2 nitrogen and oxygen atoms in total.